The molecule has 6 nitrogen and oxygen atoms in total. The first-order valence-electron chi connectivity index (χ1n) is 7.21. The molecule has 1 aromatic rings. The number of benzene rings is 1. The van der Waals surface area contributed by atoms with E-state index in [0.717, 1.165) is 6.42 Å². The van der Waals surface area contributed by atoms with Crippen LogP contribution in [-0.2, 0) is 9.53 Å². The molecule has 1 aromatic carbocycles. The first-order chi connectivity index (χ1) is 10.2. The SMILES string of the molecule is CCCNC(=O)c1ccccc1NC(=O)C1COCCN1. The number of carbonyl (C=O) groups excluding carboxylic acids is 2. The van der Waals surface area contributed by atoms with E-state index in [9.17, 15) is 9.59 Å². The Bertz CT molecular complexity index is 499. The van der Waals surface area contributed by atoms with Gasteiger partial charge in [-0.1, -0.05) is 19.1 Å². The fourth-order valence-electron chi connectivity index (χ4n) is 2.08. The van der Waals surface area contributed by atoms with Crippen LogP contribution in [-0.4, -0.2) is 44.2 Å². The molecule has 1 saturated heterocycles. The van der Waals surface area contributed by atoms with Crippen molar-refractivity contribution < 1.29 is 14.3 Å². The normalized spacial score (nSPS) is 18.0. The quantitative estimate of drug-likeness (QED) is 0.748. The summed E-state index contributed by atoms with van der Waals surface area (Å²) >= 11 is 0. The van der Waals surface area contributed by atoms with Crippen LogP contribution in [0.15, 0.2) is 24.3 Å². The molecule has 0 saturated carbocycles. The highest BCUT2D eigenvalue weighted by atomic mass is 16.5. The Morgan fingerprint density at radius 1 is 1.38 bits per heavy atom. The van der Waals surface area contributed by atoms with Crippen molar-refractivity contribution in [3.8, 4) is 0 Å². The number of ether oxygens (including phenoxy) is 1. The van der Waals surface area contributed by atoms with Gasteiger partial charge >= 0.3 is 0 Å². The zero-order valence-corrected chi connectivity index (χ0v) is 12.1. The molecule has 0 bridgehead atoms. The van der Waals surface area contributed by atoms with Crippen LogP contribution in [0.25, 0.3) is 0 Å². The van der Waals surface area contributed by atoms with Gasteiger partial charge in [0.2, 0.25) is 5.91 Å². The van der Waals surface area contributed by atoms with Gasteiger partial charge in [0.05, 0.1) is 24.5 Å². The van der Waals surface area contributed by atoms with E-state index in [1.807, 2.05) is 6.92 Å². The Labute approximate surface area is 124 Å². The maximum atomic E-state index is 12.2. The highest BCUT2D eigenvalue weighted by Crippen LogP contribution is 2.15. The fourth-order valence-corrected chi connectivity index (χ4v) is 2.08. The maximum absolute atomic E-state index is 12.2. The van der Waals surface area contributed by atoms with Crippen LogP contribution in [0.1, 0.15) is 23.7 Å². The van der Waals surface area contributed by atoms with Crippen molar-refractivity contribution in [3.63, 3.8) is 0 Å². The van der Waals surface area contributed by atoms with E-state index >= 15 is 0 Å². The topological polar surface area (TPSA) is 79.5 Å². The predicted octanol–water partition coefficient (Wildman–Crippen LogP) is 0.753. The van der Waals surface area contributed by atoms with Crippen molar-refractivity contribution in [3.05, 3.63) is 29.8 Å². The molecule has 1 atom stereocenters. The van der Waals surface area contributed by atoms with Gasteiger partial charge in [0, 0.05) is 13.1 Å². The van der Waals surface area contributed by atoms with Gasteiger partial charge in [-0.3, -0.25) is 9.59 Å². The summed E-state index contributed by atoms with van der Waals surface area (Å²) in [6, 6.07) is 6.61. The molecule has 21 heavy (non-hydrogen) atoms. The van der Waals surface area contributed by atoms with Crippen molar-refractivity contribution in [2.75, 3.05) is 31.6 Å². The molecule has 6 heteroatoms. The maximum Gasteiger partial charge on any atom is 0.253 e. The molecule has 114 valence electrons. The van der Waals surface area contributed by atoms with Crippen molar-refractivity contribution in [1.82, 2.24) is 10.6 Å². The Balaban J connectivity index is 2.05. The number of anilines is 1. The van der Waals surface area contributed by atoms with Crippen molar-refractivity contribution >= 4 is 17.5 Å². The Kier molecular flexibility index (Phi) is 5.71. The summed E-state index contributed by atoms with van der Waals surface area (Å²) in [7, 11) is 0. The third kappa shape index (κ3) is 4.27. The van der Waals surface area contributed by atoms with Crippen molar-refractivity contribution in [2.24, 2.45) is 0 Å². The molecular weight excluding hydrogens is 270 g/mol. The monoisotopic (exact) mass is 291 g/mol. The lowest BCUT2D eigenvalue weighted by Crippen LogP contribution is -2.49. The molecule has 2 amide bonds. The van der Waals surface area contributed by atoms with Gasteiger partial charge in [-0.15, -0.1) is 0 Å². The second kappa shape index (κ2) is 7.75. The standard InChI is InChI=1S/C15H21N3O3/c1-2-7-17-14(19)11-5-3-4-6-12(11)18-15(20)13-10-21-9-8-16-13/h3-6,13,16H,2,7-10H2,1H3,(H,17,19)(H,18,20). The average Bonchev–Trinajstić information content (AvgIpc) is 2.54. The van der Waals surface area contributed by atoms with Crippen LogP contribution < -0.4 is 16.0 Å². The highest BCUT2D eigenvalue weighted by molar-refractivity contribution is 6.04. The minimum Gasteiger partial charge on any atom is -0.378 e. The molecule has 1 heterocycles. The van der Waals surface area contributed by atoms with E-state index in [-0.39, 0.29) is 17.9 Å². The largest absolute Gasteiger partial charge is 0.378 e. The Morgan fingerprint density at radius 2 is 2.19 bits per heavy atom. The van der Waals surface area contributed by atoms with Crippen LogP contribution in [0.2, 0.25) is 0 Å². The van der Waals surface area contributed by atoms with E-state index in [1.54, 1.807) is 24.3 Å². The van der Waals surface area contributed by atoms with E-state index in [0.29, 0.717) is 37.6 Å². The molecule has 3 N–H and O–H groups in total. The lowest BCUT2D eigenvalue weighted by molar-refractivity contribution is -0.120. The predicted molar refractivity (Wildman–Crippen MR) is 80.3 cm³/mol. The summed E-state index contributed by atoms with van der Waals surface area (Å²) in [5.41, 5.74) is 0.986. The number of rotatable bonds is 5. The molecule has 1 aliphatic heterocycles. The highest BCUT2D eigenvalue weighted by Gasteiger charge is 2.22. The number of morpholine rings is 1. The van der Waals surface area contributed by atoms with Crippen molar-refractivity contribution in [2.45, 2.75) is 19.4 Å². The van der Waals surface area contributed by atoms with E-state index in [4.69, 9.17) is 4.74 Å². The zero-order valence-electron chi connectivity index (χ0n) is 12.1. The van der Waals surface area contributed by atoms with Gasteiger partial charge in [-0.2, -0.15) is 0 Å². The number of para-hydroxylation sites is 1. The number of hydrogen-bond donors (Lipinski definition) is 3. The molecule has 0 radical (unpaired) electrons. The van der Waals surface area contributed by atoms with Gasteiger partial charge in [-0.25, -0.2) is 0 Å². The minimum atomic E-state index is -0.384. The molecule has 2 rings (SSSR count). The number of amides is 2. The number of nitrogens with one attached hydrogen (secondary N) is 3. The van der Waals surface area contributed by atoms with Crippen LogP contribution in [0.4, 0.5) is 5.69 Å². The van der Waals surface area contributed by atoms with Crippen LogP contribution in [0.3, 0.4) is 0 Å². The summed E-state index contributed by atoms with van der Waals surface area (Å²) < 4.78 is 5.27. The summed E-state index contributed by atoms with van der Waals surface area (Å²) in [6.45, 7) is 4.20. The third-order valence-electron chi connectivity index (χ3n) is 3.20. The molecular formula is C15H21N3O3. The third-order valence-corrected chi connectivity index (χ3v) is 3.20. The average molecular weight is 291 g/mol. The summed E-state index contributed by atoms with van der Waals surface area (Å²) in [5.74, 6) is -0.369. The first-order valence-corrected chi connectivity index (χ1v) is 7.21. The molecule has 0 aliphatic carbocycles. The molecule has 1 aliphatic rings. The van der Waals surface area contributed by atoms with Gasteiger partial charge < -0.3 is 20.7 Å². The van der Waals surface area contributed by atoms with Crippen LogP contribution in [0, 0.1) is 0 Å². The minimum absolute atomic E-state index is 0.180. The summed E-state index contributed by atoms with van der Waals surface area (Å²) in [5, 5.41) is 8.69. The van der Waals surface area contributed by atoms with E-state index in [1.165, 1.54) is 0 Å². The smallest absolute Gasteiger partial charge is 0.253 e. The fraction of sp³-hybridized carbons (Fsp3) is 0.467. The van der Waals surface area contributed by atoms with Gasteiger partial charge in [0.1, 0.15) is 6.04 Å². The van der Waals surface area contributed by atoms with Gasteiger partial charge in [0.25, 0.3) is 5.91 Å². The lowest BCUT2D eigenvalue weighted by atomic mass is 10.1. The number of hydrogen-bond acceptors (Lipinski definition) is 4. The summed E-state index contributed by atoms with van der Waals surface area (Å²) in [4.78, 5) is 24.3. The van der Waals surface area contributed by atoms with E-state index in [2.05, 4.69) is 16.0 Å². The van der Waals surface area contributed by atoms with Crippen LogP contribution >= 0.6 is 0 Å². The Hall–Kier alpha value is -1.92. The van der Waals surface area contributed by atoms with Crippen molar-refractivity contribution in [1.29, 1.82) is 0 Å². The molecule has 0 spiro atoms. The molecule has 0 aromatic heterocycles. The van der Waals surface area contributed by atoms with Gasteiger partial charge in [-0.05, 0) is 18.6 Å². The van der Waals surface area contributed by atoms with Gasteiger partial charge in [0.15, 0.2) is 0 Å². The first kappa shape index (κ1) is 15.5. The second-order valence-electron chi connectivity index (χ2n) is 4.87. The zero-order chi connectivity index (χ0) is 15.1. The molecule has 1 fully saturated rings. The Morgan fingerprint density at radius 3 is 2.90 bits per heavy atom. The number of carbonyl (C=O) groups is 2. The lowest BCUT2D eigenvalue weighted by Gasteiger charge is -2.23. The van der Waals surface area contributed by atoms with E-state index < -0.39 is 0 Å². The second-order valence-corrected chi connectivity index (χ2v) is 4.87. The molecule has 1 unspecified atom stereocenters. The van der Waals surface area contributed by atoms with Crippen LogP contribution in [0.5, 0.6) is 0 Å². The summed E-state index contributed by atoms with van der Waals surface area (Å²) in [6.07, 6.45) is 0.865.